The molecule has 1 aliphatic carbocycles. The lowest BCUT2D eigenvalue weighted by Gasteiger charge is -2.35. The van der Waals surface area contributed by atoms with Gasteiger partial charge in [-0.2, -0.15) is 0 Å². The predicted molar refractivity (Wildman–Crippen MR) is 97.6 cm³/mol. The van der Waals surface area contributed by atoms with Crippen molar-refractivity contribution in [1.82, 2.24) is 5.32 Å². The van der Waals surface area contributed by atoms with Gasteiger partial charge in [-0.3, -0.25) is 9.59 Å². The fraction of sp³-hybridized carbons (Fsp3) is 0.619. The summed E-state index contributed by atoms with van der Waals surface area (Å²) in [6, 6.07) is 4.23. The number of Topliss-reactive ketones (excluding diaryl/α,β-unsaturated/α-hetero) is 1. The molecule has 1 saturated heterocycles. The van der Waals surface area contributed by atoms with Crippen molar-refractivity contribution in [3.05, 3.63) is 34.4 Å². The van der Waals surface area contributed by atoms with Gasteiger partial charge >= 0.3 is 0 Å². The van der Waals surface area contributed by atoms with Crippen LogP contribution in [-0.4, -0.2) is 28.9 Å². The molecule has 4 heteroatoms. The third kappa shape index (κ3) is 3.01. The van der Waals surface area contributed by atoms with Gasteiger partial charge in [0.2, 0.25) is 5.91 Å². The van der Waals surface area contributed by atoms with Gasteiger partial charge in [0.25, 0.3) is 0 Å². The first-order valence-electron chi connectivity index (χ1n) is 9.55. The van der Waals surface area contributed by atoms with Crippen LogP contribution >= 0.6 is 0 Å². The Hall–Kier alpha value is -1.68. The van der Waals surface area contributed by atoms with Gasteiger partial charge < -0.3 is 10.4 Å². The van der Waals surface area contributed by atoms with E-state index in [0.717, 1.165) is 42.4 Å². The van der Waals surface area contributed by atoms with Crippen molar-refractivity contribution in [3.63, 3.8) is 0 Å². The van der Waals surface area contributed by atoms with Crippen molar-refractivity contribution < 1.29 is 14.7 Å². The van der Waals surface area contributed by atoms with E-state index in [2.05, 4.69) is 38.2 Å². The summed E-state index contributed by atoms with van der Waals surface area (Å²) in [5.41, 5.74) is 3.65. The first-order valence-corrected chi connectivity index (χ1v) is 9.55. The molecule has 1 aromatic carbocycles. The zero-order chi connectivity index (χ0) is 18.2. The Morgan fingerprint density at radius 3 is 2.16 bits per heavy atom. The van der Waals surface area contributed by atoms with Crippen molar-refractivity contribution in [2.24, 2.45) is 5.92 Å². The largest absolute Gasteiger partial charge is 0.396 e. The van der Waals surface area contributed by atoms with Crippen LogP contribution < -0.4 is 5.32 Å². The molecular weight excluding hydrogens is 314 g/mol. The molecular formula is C21H29NO3. The van der Waals surface area contributed by atoms with Crippen LogP contribution in [0.15, 0.2) is 12.1 Å². The van der Waals surface area contributed by atoms with E-state index in [1.807, 2.05) is 0 Å². The Labute approximate surface area is 150 Å². The smallest absolute Gasteiger partial charge is 0.235 e. The molecule has 0 radical (unpaired) electrons. The minimum absolute atomic E-state index is 0.0437. The van der Waals surface area contributed by atoms with E-state index in [0.29, 0.717) is 12.8 Å². The Balaban J connectivity index is 1.99. The van der Waals surface area contributed by atoms with Crippen LogP contribution in [0.1, 0.15) is 67.7 Å². The molecule has 1 amide bonds. The summed E-state index contributed by atoms with van der Waals surface area (Å²) in [7, 11) is 0. The van der Waals surface area contributed by atoms with Gasteiger partial charge in [0, 0.05) is 6.61 Å². The molecule has 2 aliphatic rings. The van der Waals surface area contributed by atoms with Crippen molar-refractivity contribution in [1.29, 1.82) is 0 Å². The Morgan fingerprint density at radius 1 is 1.12 bits per heavy atom. The molecule has 2 N–H and O–H groups in total. The molecule has 0 aromatic heterocycles. The Bertz CT molecular complexity index is 661. The number of benzene rings is 1. The highest BCUT2D eigenvalue weighted by Gasteiger charge is 2.54. The molecule has 1 atom stereocenters. The first kappa shape index (κ1) is 18.1. The number of aliphatic hydroxyl groups is 1. The molecule has 2 fully saturated rings. The Morgan fingerprint density at radius 2 is 1.68 bits per heavy atom. The predicted octanol–water partition coefficient (Wildman–Crippen LogP) is 2.82. The van der Waals surface area contributed by atoms with Crippen LogP contribution in [0.5, 0.6) is 0 Å². The second kappa shape index (κ2) is 6.91. The van der Waals surface area contributed by atoms with E-state index < -0.39 is 11.5 Å². The lowest BCUT2D eigenvalue weighted by atomic mass is 9.72. The van der Waals surface area contributed by atoms with E-state index in [-0.39, 0.29) is 24.2 Å². The summed E-state index contributed by atoms with van der Waals surface area (Å²) in [6.45, 7) is 6.39. The van der Waals surface area contributed by atoms with Crippen LogP contribution in [0.4, 0.5) is 0 Å². The van der Waals surface area contributed by atoms with Gasteiger partial charge in [-0.25, -0.2) is 0 Å². The number of aliphatic hydroxyl groups excluding tert-OH is 1. The minimum Gasteiger partial charge on any atom is -0.396 e. The molecule has 25 heavy (non-hydrogen) atoms. The SMILES string of the molecule is CCc1cc(C)cc(CC)c1C1C(=O)NC2(CCC(CO)CC2)C1=O. The first-order chi connectivity index (χ1) is 12.0. The molecule has 1 saturated carbocycles. The molecule has 4 nitrogen and oxygen atoms in total. The van der Waals surface area contributed by atoms with Crippen LogP contribution in [0.2, 0.25) is 0 Å². The van der Waals surface area contributed by atoms with Gasteiger partial charge in [0.15, 0.2) is 5.78 Å². The second-order valence-corrected chi connectivity index (χ2v) is 7.70. The van der Waals surface area contributed by atoms with E-state index in [1.165, 1.54) is 5.56 Å². The molecule has 1 spiro atoms. The molecule has 1 aliphatic heterocycles. The number of nitrogens with one attached hydrogen (secondary N) is 1. The highest BCUT2D eigenvalue weighted by atomic mass is 16.3. The zero-order valence-electron chi connectivity index (χ0n) is 15.5. The number of ketones is 1. The van der Waals surface area contributed by atoms with Crippen LogP contribution in [0, 0.1) is 12.8 Å². The summed E-state index contributed by atoms with van der Waals surface area (Å²) in [4.78, 5) is 26.2. The topological polar surface area (TPSA) is 66.4 Å². The maximum Gasteiger partial charge on any atom is 0.235 e. The number of carbonyl (C=O) groups is 2. The summed E-state index contributed by atoms with van der Waals surface area (Å²) in [5.74, 6) is -0.509. The number of hydrogen-bond acceptors (Lipinski definition) is 3. The van der Waals surface area contributed by atoms with Crippen LogP contribution in [-0.2, 0) is 22.4 Å². The maximum atomic E-state index is 13.4. The monoisotopic (exact) mass is 343 g/mol. The fourth-order valence-corrected chi connectivity index (χ4v) is 4.66. The summed E-state index contributed by atoms with van der Waals surface area (Å²) >= 11 is 0. The molecule has 1 aromatic rings. The number of hydrogen-bond donors (Lipinski definition) is 2. The standard InChI is InChI=1S/C21H29NO3/c1-4-15-10-13(3)11-16(5-2)17(15)18-19(24)21(22-20(18)25)8-6-14(12-23)7-9-21/h10-11,14,18,23H,4-9,12H2,1-3H3,(H,22,25). The highest BCUT2D eigenvalue weighted by Crippen LogP contribution is 2.42. The third-order valence-electron chi connectivity index (χ3n) is 6.12. The quantitative estimate of drug-likeness (QED) is 0.826. The maximum absolute atomic E-state index is 13.4. The van der Waals surface area contributed by atoms with Crippen molar-refractivity contribution >= 4 is 11.7 Å². The van der Waals surface area contributed by atoms with E-state index in [9.17, 15) is 14.7 Å². The van der Waals surface area contributed by atoms with Gasteiger partial charge in [-0.1, -0.05) is 31.5 Å². The molecule has 136 valence electrons. The fourth-order valence-electron chi connectivity index (χ4n) is 4.66. The summed E-state index contributed by atoms with van der Waals surface area (Å²) in [5, 5.41) is 12.4. The van der Waals surface area contributed by atoms with Gasteiger partial charge in [0.1, 0.15) is 5.92 Å². The van der Waals surface area contributed by atoms with Crippen LogP contribution in [0.3, 0.4) is 0 Å². The molecule has 3 rings (SSSR count). The number of amides is 1. The third-order valence-corrected chi connectivity index (χ3v) is 6.12. The highest BCUT2D eigenvalue weighted by molar-refractivity contribution is 6.17. The molecule has 0 bridgehead atoms. The molecule has 1 heterocycles. The van der Waals surface area contributed by atoms with E-state index in [1.54, 1.807) is 0 Å². The van der Waals surface area contributed by atoms with Crippen molar-refractivity contribution in [3.8, 4) is 0 Å². The number of carbonyl (C=O) groups excluding carboxylic acids is 2. The van der Waals surface area contributed by atoms with E-state index in [4.69, 9.17) is 0 Å². The average Bonchev–Trinajstić information content (AvgIpc) is 2.85. The lowest BCUT2D eigenvalue weighted by Crippen LogP contribution is -2.49. The number of aryl methyl sites for hydroxylation is 3. The van der Waals surface area contributed by atoms with Gasteiger partial charge in [0.05, 0.1) is 5.54 Å². The second-order valence-electron chi connectivity index (χ2n) is 7.70. The van der Waals surface area contributed by atoms with Crippen LogP contribution in [0.25, 0.3) is 0 Å². The normalized spacial score (nSPS) is 29.3. The van der Waals surface area contributed by atoms with Gasteiger partial charge in [-0.05, 0) is 68.1 Å². The minimum atomic E-state index is -0.714. The number of rotatable bonds is 4. The summed E-state index contributed by atoms with van der Waals surface area (Å²) < 4.78 is 0. The van der Waals surface area contributed by atoms with Crippen molar-refractivity contribution in [2.75, 3.05) is 6.61 Å². The molecule has 1 unspecified atom stereocenters. The van der Waals surface area contributed by atoms with Crippen molar-refractivity contribution in [2.45, 2.75) is 70.8 Å². The Kier molecular flexibility index (Phi) is 5.01. The van der Waals surface area contributed by atoms with E-state index >= 15 is 0 Å². The lowest BCUT2D eigenvalue weighted by molar-refractivity contribution is -0.126. The zero-order valence-corrected chi connectivity index (χ0v) is 15.5. The average molecular weight is 343 g/mol. The summed E-state index contributed by atoms with van der Waals surface area (Å²) in [6.07, 6.45) is 4.53. The van der Waals surface area contributed by atoms with Gasteiger partial charge in [-0.15, -0.1) is 0 Å².